The van der Waals surface area contributed by atoms with E-state index in [4.69, 9.17) is 5.11 Å². The van der Waals surface area contributed by atoms with Crippen molar-refractivity contribution in [2.24, 2.45) is 5.41 Å². The molecule has 1 heterocycles. The van der Waals surface area contributed by atoms with Crippen LogP contribution in [-0.2, 0) is 4.79 Å². The van der Waals surface area contributed by atoms with Gasteiger partial charge in [0, 0.05) is 6.54 Å². The largest absolute Gasteiger partial charge is 0.393 e. The summed E-state index contributed by atoms with van der Waals surface area (Å²) in [6, 6.07) is -0.102. The molecule has 1 aliphatic heterocycles. The summed E-state index contributed by atoms with van der Waals surface area (Å²) in [5, 5.41) is 15.3. The monoisotopic (exact) mass is 228 g/mol. The zero-order chi connectivity index (χ0) is 12.2. The molecule has 0 spiro atoms. The Morgan fingerprint density at radius 2 is 2.31 bits per heavy atom. The highest BCUT2D eigenvalue weighted by Gasteiger charge is 2.36. The number of hydrogen-bond acceptors (Lipinski definition) is 3. The number of piperidine rings is 1. The molecule has 0 aromatic heterocycles. The van der Waals surface area contributed by atoms with Gasteiger partial charge in [0.1, 0.15) is 0 Å². The number of nitrogens with one attached hydrogen (secondary N) is 2. The Morgan fingerprint density at radius 3 is 2.88 bits per heavy atom. The smallest absolute Gasteiger partial charge is 0.237 e. The lowest BCUT2D eigenvalue weighted by atomic mass is 9.77. The van der Waals surface area contributed by atoms with Crippen LogP contribution in [0.15, 0.2) is 0 Å². The maximum atomic E-state index is 11.9. The molecule has 16 heavy (non-hydrogen) atoms. The third-order valence-corrected chi connectivity index (χ3v) is 3.25. The zero-order valence-corrected chi connectivity index (χ0v) is 10.5. The van der Waals surface area contributed by atoms with Crippen LogP contribution in [0.5, 0.6) is 0 Å². The van der Waals surface area contributed by atoms with Gasteiger partial charge in [0.05, 0.1) is 12.1 Å². The minimum Gasteiger partial charge on any atom is -0.393 e. The molecule has 2 unspecified atom stereocenters. The predicted octanol–water partition coefficient (Wildman–Crippen LogP) is 0.652. The van der Waals surface area contributed by atoms with Gasteiger partial charge in [0.25, 0.3) is 0 Å². The number of aliphatic hydroxyl groups excluding tert-OH is 1. The standard InChI is InChI=1S/C12H24N2O2/c1-9(15)5-8-14-11(16)10-12(2,3)6-4-7-13-10/h9-10,13,15H,4-8H2,1-3H3,(H,14,16). The second-order valence-electron chi connectivity index (χ2n) is 5.41. The van der Waals surface area contributed by atoms with Crippen LogP contribution in [0.1, 0.15) is 40.0 Å². The topological polar surface area (TPSA) is 61.4 Å². The molecule has 0 saturated carbocycles. The Bertz CT molecular complexity index is 239. The van der Waals surface area contributed by atoms with Gasteiger partial charge in [-0.3, -0.25) is 4.79 Å². The molecule has 0 aliphatic carbocycles. The fourth-order valence-electron chi connectivity index (χ4n) is 2.16. The lowest BCUT2D eigenvalue weighted by Gasteiger charge is -2.38. The molecular formula is C12H24N2O2. The van der Waals surface area contributed by atoms with Crippen molar-refractivity contribution in [3.8, 4) is 0 Å². The van der Waals surface area contributed by atoms with Crippen molar-refractivity contribution in [3.63, 3.8) is 0 Å². The molecule has 1 saturated heterocycles. The van der Waals surface area contributed by atoms with Crippen molar-refractivity contribution in [2.75, 3.05) is 13.1 Å². The molecule has 1 aliphatic rings. The number of hydrogen-bond donors (Lipinski definition) is 3. The molecule has 3 N–H and O–H groups in total. The predicted molar refractivity (Wildman–Crippen MR) is 64.1 cm³/mol. The first kappa shape index (κ1) is 13.5. The van der Waals surface area contributed by atoms with Crippen molar-refractivity contribution in [1.82, 2.24) is 10.6 Å². The lowest BCUT2D eigenvalue weighted by molar-refractivity contribution is -0.126. The maximum absolute atomic E-state index is 11.9. The third-order valence-electron chi connectivity index (χ3n) is 3.25. The Morgan fingerprint density at radius 1 is 1.62 bits per heavy atom. The van der Waals surface area contributed by atoms with E-state index < -0.39 is 0 Å². The molecule has 2 atom stereocenters. The van der Waals surface area contributed by atoms with Crippen LogP contribution in [0.25, 0.3) is 0 Å². The quantitative estimate of drug-likeness (QED) is 0.662. The van der Waals surface area contributed by atoms with E-state index in [0.717, 1.165) is 19.4 Å². The molecule has 1 fully saturated rings. The average Bonchev–Trinajstić information content (AvgIpc) is 2.16. The number of rotatable bonds is 4. The van der Waals surface area contributed by atoms with Gasteiger partial charge < -0.3 is 15.7 Å². The third kappa shape index (κ3) is 3.76. The molecule has 1 amide bonds. The van der Waals surface area contributed by atoms with E-state index in [1.54, 1.807) is 6.92 Å². The summed E-state index contributed by atoms with van der Waals surface area (Å²) in [6.07, 6.45) is 2.46. The summed E-state index contributed by atoms with van der Waals surface area (Å²) in [7, 11) is 0. The van der Waals surface area contributed by atoms with E-state index in [0.29, 0.717) is 13.0 Å². The Labute approximate surface area is 97.8 Å². The summed E-state index contributed by atoms with van der Waals surface area (Å²) in [4.78, 5) is 11.9. The molecule has 0 radical (unpaired) electrons. The van der Waals surface area contributed by atoms with E-state index in [2.05, 4.69) is 24.5 Å². The Kier molecular flexibility index (Phi) is 4.74. The van der Waals surface area contributed by atoms with Gasteiger partial charge in [0.15, 0.2) is 0 Å². The first-order valence-electron chi connectivity index (χ1n) is 6.12. The second-order valence-corrected chi connectivity index (χ2v) is 5.41. The van der Waals surface area contributed by atoms with Gasteiger partial charge >= 0.3 is 0 Å². The fraction of sp³-hybridized carbons (Fsp3) is 0.917. The molecule has 1 rings (SSSR count). The van der Waals surface area contributed by atoms with Crippen LogP contribution in [0.3, 0.4) is 0 Å². The van der Waals surface area contributed by atoms with E-state index in [9.17, 15) is 4.79 Å². The maximum Gasteiger partial charge on any atom is 0.237 e. The number of aliphatic hydroxyl groups is 1. The summed E-state index contributed by atoms with van der Waals surface area (Å²) in [5.74, 6) is 0.0605. The first-order chi connectivity index (χ1) is 7.43. The highest BCUT2D eigenvalue weighted by Crippen LogP contribution is 2.29. The molecular weight excluding hydrogens is 204 g/mol. The number of carbonyl (C=O) groups is 1. The van der Waals surface area contributed by atoms with Crippen LogP contribution in [0.2, 0.25) is 0 Å². The van der Waals surface area contributed by atoms with E-state index >= 15 is 0 Å². The van der Waals surface area contributed by atoms with Crippen LogP contribution in [0, 0.1) is 5.41 Å². The summed E-state index contributed by atoms with van der Waals surface area (Å²) >= 11 is 0. The average molecular weight is 228 g/mol. The lowest BCUT2D eigenvalue weighted by Crippen LogP contribution is -2.55. The minimum atomic E-state index is -0.354. The van der Waals surface area contributed by atoms with Gasteiger partial charge in [-0.1, -0.05) is 13.8 Å². The first-order valence-corrected chi connectivity index (χ1v) is 6.12. The van der Waals surface area contributed by atoms with Crippen molar-refractivity contribution in [1.29, 1.82) is 0 Å². The molecule has 94 valence electrons. The van der Waals surface area contributed by atoms with Crippen LogP contribution < -0.4 is 10.6 Å². The van der Waals surface area contributed by atoms with Crippen LogP contribution in [-0.4, -0.2) is 36.2 Å². The molecule has 0 bridgehead atoms. The molecule has 0 aromatic carbocycles. The summed E-state index contributed by atoms with van der Waals surface area (Å²) in [5.41, 5.74) is 0.0210. The highest BCUT2D eigenvalue weighted by atomic mass is 16.3. The summed E-state index contributed by atoms with van der Waals surface area (Å²) in [6.45, 7) is 7.44. The second kappa shape index (κ2) is 5.64. The van der Waals surface area contributed by atoms with E-state index in [-0.39, 0.29) is 23.5 Å². The van der Waals surface area contributed by atoms with Gasteiger partial charge in [-0.05, 0) is 38.1 Å². The van der Waals surface area contributed by atoms with Gasteiger partial charge in [-0.2, -0.15) is 0 Å². The fourth-order valence-corrected chi connectivity index (χ4v) is 2.16. The van der Waals surface area contributed by atoms with Crippen molar-refractivity contribution in [2.45, 2.75) is 52.2 Å². The Hall–Kier alpha value is -0.610. The molecule has 4 nitrogen and oxygen atoms in total. The Balaban J connectivity index is 2.40. The van der Waals surface area contributed by atoms with Crippen molar-refractivity contribution >= 4 is 5.91 Å². The van der Waals surface area contributed by atoms with Crippen molar-refractivity contribution < 1.29 is 9.90 Å². The van der Waals surface area contributed by atoms with E-state index in [1.165, 1.54) is 0 Å². The molecule has 4 heteroatoms. The highest BCUT2D eigenvalue weighted by molar-refractivity contribution is 5.82. The molecule has 0 aromatic rings. The van der Waals surface area contributed by atoms with Crippen LogP contribution >= 0.6 is 0 Å². The van der Waals surface area contributed by atoms with Crippen LogP contribution in [0.4, 0.5) is 0 Å². The van der Waals surface area contributed by atoms with Gasteiger partial charge in [0.2, 0.25) is 5.91 Å². The van der Waals surface area contributed by atoms with Gasteiger partial charge in [-0.15, -0.1) is 0 Å². The normalized spacial score (nSPS) is 26.1. The van der Waals surface area contributed by atoms with Gasteiger partial charge in [-0.25, -0.2) is 0 Å². The SMILES string of the molecule is CC(O)CCNC(=O)C1NCCCC1(C)C. The number of amides is 1. The van der Waals surface area contributed by atoms with E-state index in [1.807, 2.05) is 0 Å². The minimum absolute atomic E-state index is 0.0210. The summed E-state index contributed by atoms with van der Waals surface area (Å²) < 4.78 is 0. The number of carbonyl (C=O) groups excluding carboxylic acids is 1. The van der Waals surface area contributed by atoms with Crippen molar-refractivity contribution in [3.05, 3.63) is 0 Å². The zero-order valence-electron chi connectivity index (χ0n) is 10.5.